The van der Waals surface area contributed by atoms with Crippen LogP contribution in [0.4, 0.5) is 0 Å². The molecule has 0 amide bonds. The van der Waals surface area contributed by atoms with Gasteiger partial charge in [-0.05, 0) is 36.2 Å². The minimum atomic E-state index is -0.0426. The second-order valence-electron chi connectivity index (χ2n) is 4.78. The Labute approximate surface area is 124 Å². The summed E-state index contributed by atoms with van der Waals surface area (Å²) in [6, 6.07) is 7.59. The van der Waals surface area contributed by atoms with Gasteiger partial charge < -0.3 is 24.4 Å². The second-order valence-corrected chi connectivity index (χ2v) is 4.78. The molecule has 2 N–H and O–H groups in total. The first-order chi connectivity index (χ1) is 10.2. The van der Waals surface area contributed by atoms with Crippen LogP contribution < -0.4 is 19.9 Å². The number of nitrogens with two attached hydrogens (primary N) is 1. The van der Waals surface area contributed by atoms with Crippen LogP contribution in [0.2, 0.25) is 0 Å². The number of furan rings is 1. The minimum Gasteiger partial charge on any atom is -0.493 e. The van der Waals surface area contributed by atoms with E-state index >= 15 is 0 Å². The average Bonchev–Trinajstić information content (AvgIpc) is 2.98. The van der Waals surface area contributed by atoms with Gasteiger partial charge in [-0.15, -0.1) is 0 Å². The van der Waals surface area contributed by atoms with Crippen LogP contribution in [0.25, 0.3) is 0 Å². The highest BCUT2D eigenvalue weighted by Crippen LogP contribution is 2.38. The van der Waals surface area contributed by atoms with E-state index in [0.29, 0.717) is 30.1 Å². The molecular weight excluding hydrogens is 270 g/mol. The first-order valence-electron chi connectivity index (χ1n) is 6.74. The quantitative estimate of drug-likeness (QED) is 0.848. The van der Waals surface area contributed by atoms with Crippen LogP contribution in [0.3, 0.4) is 0 Å². The van der Waals surface area contributed by atoms with Crippen molar-refractivity contribution in [2.75, 3.05) is 21.3 Å². The first kappa shape index (κ1) is 15.3. The molecule has 1 unspecified atom stereocenters. The summed E-state index contributed by atoms with van der Waals surface area (Å²) in [5.74, 6) is 2.74. The first-order valence-corrected chi connectivity index (χ1v) is 6.74. The van der Waals surface area contributed by atoms with Gasteiger partial charge in [0.15, 0.2) is 11.5 Å². The molecule has 0 saturated carbocycles. The zero-order valence-electron chi connectivity index (χ0n) is 12.6. The van der Waals surface area contributed by atoms with Crippen molar-refractivity contribution in [1.29, 1.82) is 0 Å². The molecule has 5 nitrogen and oxygen atoms in total. The molecule has 114 valence electrons. The maximum atomic E-state index is 6.18. The number of rotatable bonds is 7. The van der Waals surface area contributed by atoms with Gasteiger partial charge in [-0.3, -0.25) is 0 Å². The molecule has 0 radical (unpaired) electrons. The van der Waals surface area contributed by atoms with Gasteiger partial charge in [0.25, 0.3) is 0 Å². The molecule has 0 saturated heterocycles. The molecule has 0 aliphatic heterocycles. The highest BCUT2D eigenvalue weighted by atomic mass is 16.5. The largest absolute Gasteiger partial charge is 0.493 e. The number of methoxy groups -OCH3 is 3. The summed E-state index contributed by atoms with van der Waals surface area (Å²) in [7, 11) is 4.79. The van der Waals surface area contributed by atoms with Gasteiger partial charge in [0, 0.05) is 12.5 Å². The molecule has 1 heterocycles. The van der Waals surface area contributed by atoms with Crippen molar-refractivity contribution in [1.82, 2.24) is 0 Å². The van der Waals surface area contributed by atoms with Gasteiger partial charge >= 0.3 is 0 Å². The zero-order valence-corrected chi connectivity index (χ0v) is 12.6. The van der Waals surface area contributed by atoms with E-state index in [1.54, 1.807) is 27.6 Å². The van der Waals surface area contributed by atoms with Gasteiger partial charge in [-0.2, -0.15) is 0 Å². The van der Waals surface area contributed by atoms with Gasteiger partial charge in [0.1, 0.15) is 5.76 Å². The summed E-state index contributed by atoms with van der Waals surface area (Å²) in [6.45, 7) is 0. The topological polar surface area (TPSA) is 66.9 Å². The molecular formula is C16H21NO4. The fraction of sp³-hybridized carbons (Fsp3) is 0.375. The monoisotopic (exact) mass is 291 g/mol. The molecule has 1 aromatic heterocycles. The summed E-state index contributed by atoms with van der Waals surface area (Å²) in [6.07, 6.45) is 3.03. The standard InChI is InChI=1S/C16H21NO4/c1-18-14-8-11(9-15(19-2)16(14)20-3)7-12(17)10-13-5-4-6-21-13/h4-6,8-9,12H,7,10,17H2,1-3H3. The Bertz CT molecular complexity index is 541. The molecule has 0 fully saturated rings. The predicted octanol–water partition coefficient (Wildman–Crippen LogP) is 2.42. The van der Waals surface area contributed by atoms with E-state index < -0.39 is 0 Å². The van der Waals surface area contributed by atoms with Crippen molar-refractivity contribution in [2.24, 2.45) is 5.73 Å². The maximum Gasteiger partial charge on any atom is 0.203 e. The molecule has 0 aliphatic rings. The number of ether oxygens (including phenoxy) is 3. The van der Waals surface area contributed by atoms with Crippen LogP contribution in [0, 0.1) is 0 Å². The molecule has 0 bridgehead atoms. The zero-order chi connectivity index (χ0) is 15.2. The smallest absolute Gasteiger partial charge is 0.203 e. The van der Waals surface area contributed by atoms with E-state index in [0.717, 1.165) is 11.3 Å². The molecule has 21 heavy (non-hydrogen) atoms. The van der Waals surface area contributed by atoms with E-state index in [1.165, 1.54) is 0 Å². The molecule has 1 aromatic carbocycles. The number of benzene rings is 1. The van der Waals surface area contributed by atoms with Crippen molar-refractivity contribution in [3.05, 3.63) is 41.9 Å². The van der Waals surface area contributed by atoms with Crippen LogP contribution in [0.15, 0.2) is 34.9 Å². The molecule has 2 rings (SSSR count). The predicted molar refractivity (Wildman–Crippen MR) is 80.2 cm³/mol. The summed E-state index contributed by atoms with van der Waals surface area (Å²) in [4.78, 5) is 0. The molecule has 0 aliphatic carbocycles. The maximum absolute atomic E-state index is 6.18. The lowest BCUT2D eigenvalue weighted by molar-refractivity contribution is 0.323. The number of hydrogen-bond donors (Lipinski definition) is 1. The number of hydrogen-bond acceptors (Lipinski definition) is 5. The van der Waals surface area contributed by atoms with Gasteiger partial charge in [0.05, 0.1) is 27.6 Å². The van der Waals surface area contributed by atoms with E-state index in [2.05, 4.69) is 0 Å². The Hall–Kier alpha value is -2.14. The van der Waals surface area contributed by atoms with E-state index in [4.69, 9.17) is 24.4 Å². The Morgan fingerprint density at radius 1 is 1.05 bits per heavy atom. The highest BCUT2D eigenvalue weighted by Gasteiger charge is 2.15. The van der Waals surface area contributed by atoms with Gasteiger partial charge in [-0.25, -0.2) is 0 Å². The average molecular weight is 291 g/mol. The normalized spacial score (nSPS) is 12.0. The van der Waals surface area contributed by atoms with Crippen LogP contribution in [0.1, 0.15) is 11.3 Å². The van der Waals surface area contributed by atoms with Crippen LogP contribution in [0.5, 0.6) is 17.2 Å². The second kappa shape index (κ2) is 7.04. The lowest BCUT2D eigenvalue weighted by Gasteiger charge is -2.16. The molecule has 2 aromatic rings. The Balaban J connectivity index is 2.15. The Morgan fingerprint density at radius 3 is 2.19 bits per heavy atom. The fourth-order valence-electron chi connectivity index (χ4n) is 2.32. The molecule has 0 spiro atoms. The third-order valence-corrected chi connectivity index (χ3v) is 3.27. The van der Waals surface area contributed by atoms with E-state index in [1.807, 2.05) is 24.3 Å². The third-order valence-electron chi connectivity index (χ3n) is 3.27. The Kier molecular flexibility index (Phi) is 5.11. The van der Waals surface area contributed by atoms with Crippen molar-refractivity contribution >= 4 is 0 Å². The van der Waals surface area contributed by atoms with E-state index in [9.17, 15) is 0 Å². The van der Waals surface area contributed by atoms with E-state index in [-0.39, 0.29) is 6.04 Å². The third kappa shape index (κ3) is 3.70. The van der Waals surface area contributed by atoms with Crippen LogP contribution in [-0.4, -0.2) is 27.4 Å². The fourth-order valence-corrected chi connectivity index (χ4v) is 2.32. The lowest BCUT2D eigenvalue weighted by Crippen LogP contribution is -2.25. The highest BCUT2D eigenvalue weighted by molar-refractivity contribution is 5.54. The van der Waals surface area contributed by atoms with Crippen molar-refractivity contribution in [2.45, 2.75) is 18.9 Å². The van der Waals surface area contributed by atoms with Crippen molar-refractivity contribution < 1.29 is 18.6 Å². The molecule has 5 heteroatoms. The van der Waals surface area contributed by atoms with Crippen LogP contribution in [-0.2, 0) is 12.8 Å². The molecule has 1 atom stereocenters. The van der Waals surface area contributed by atoms with Gasteiger partial charge in [0.2, 0.25) is 5.75 Å². The lowest BCUT2D eigenvalue weighted by atomic mass is 10.0. The minimum absolute atomic E-state index is 0.0426. The van der Waals surface area contributed by atoms with Crippen LogP contribution >= 0.6 is 0 Å². The van der Waals surface area contributed by atoms with Gasteiger partial charge in [-0.1, -0.05) is 0 Å². The summed E-state index contributed by atoms with van der Waals surface area (Å²) in [5.41, 5.74) is 7.21. The van der Waals surface area contributed by atoms with Crippen molar-refractivity contribution in [3.63, 3.8) is 0 Å². The van der Waals surface area contributed by atoms with Crippen molar-refractivity contribution in [3.8, 4) is 17.2 Å². The summed E-state index contributed by atoms with van der Waals surface area (Å²) >= 11 is 0. The SMILES string of the molecule is COc1cc(CC(N)Cc2ccco2)cc(OC)c1OC. The summed E-state index contributed by atoms with van der Waals surface area (Å²) in [5, 5.41) is 0. The summed E-state index contributed by atoms with van der Waals surface area (Å²) < 4.78 is 21.3. The Morgan fingerprint density at radius 2 is 1.71 bits per heavy atom.